The number of aromatic nitrogens is 2. The monoisotopic (exact) mass is 274 g/mol. The molecule has 0 saturated carbocycles. The molecule has 0 amide bonds. The fraction of sp³-hybridized carbons (Fsp3) is 0.400. The Morgan fingerprint density at radius 3 is 2.95 bits per heavy atom. The zero-order valence-corrected chi connectivity index (χ0v) is 11.8. The first-order valence-electron chi connectivity index (χ1n) is 6.63. The van der Waals surface area contributed by atoms with Gasteiger partial charge in [0.15, 0.2) is 0 Å². The van der Waals surface area contributed by atoms with Crippen molar-refractivity contribution < 1.29 is 14.6 Å². The summed E-state index contributed by atoms with van der Waals surface area (Å²) in [6.07, 6.45) is 1.91. The third-order valence-corrected chi connectivity index (χ3v) is 3.68. The molecule has 2 unspecified atom stereocenters. The van der Waals surface area contributed by atoms with E-state index in [2.05, 4.69) is 5.10 Å². The van der Waals surface area contributed by atoms with Crippen molar-refractivity contribution in [3.05, 3.63) is 41.2 Å². The number of hydrogen-bond acceptors (Lipinski definition) is 4. The topological polar surface area (TPSA) is 56.5 Å². The summed E-state index contributed by atoms with van der Waals surface area (Å²) in [7, 11) is 3.41. The number of methoxy groups -OCH3 is 1. The lowest BCUT2D eigenvalue weighted by atomic mass is 10.0. The van der Waals surface area contributed by atoms with Crippen molar-refractivity contribution in [2.75, 3.05) is 7.11 Å². The van der Waals surface area contributed by atoms with Gasteiger partial charge in [0.05, 0.1) is 12.8 Å². The van der Waals surface area contributed by atoms with Gasteiger partial charge < -0.3 is 14.6 Å². The van der Waals surface area contributed by atoms with E-state index in [1.807, 2.05) is 19.1 Å². The summed E-state index contributed by atoms with van der Waals surface area (Å²) in [6, 6.07) is 5.61. The normalized spacial score (nSPS) is 18.5. The highest BCUT2D eigenvalue weighted by atomic mass is 16.5. The fourth-order valence-corrected chi connectivity index (χ4v) is 2.66. The summed E-state index contributed by atoms with van der Waals surface area (Å²) in [6.45, 7) is 2.03. The minimum atomic E-state index is -0.790. The second-order valence-electron chi connectivity index (χ2n) is 5.12. The van der Waals surface area contributed by atoms with Gasteiger partial charge in [0.1, 0.15) is 23.7 Å². The lowest BCUT2D eigenvalue weighted by Crippen LogP contribution is -2.08. The molecule has 0 spiro atoms. The molecule has 0 radical (unpaired) electrons. The van der Waals surface area contributed by atoms with Crippen molar-refractivity contribution in [3.63, 3.8) is 0 Å². The van der Waals surface area contributed by atoms with Crippen molar-refractivity contribution in [2.45, 2.75) is 25.6 Å². The SMILES string of the molecule is COc1cc2c(cc1C(O)c1ccnn1C)OC(C)C2. The summed E-state index contributed by atoms with van der Waals surface area (Å²) in [4.78, 5) is 0. The average Bonchev–Trinajstić information content (AvgIpc) is 3.00. The van der Waals surface area contributed by atoms with E-state index in [1.54, 1.807) is 31.1 Å². The highest BCUT2D eigenvalue weighted by Crippen LogP contribution is 2.39. The van der Waals surface area contributed by atoms with Crippen molar-refractivity contribution in [2.24, 2.45) is 7.05 Å². The van der Waals surface area contributed by atoms with E-state index in [0.29, 0.717) is 17.0 Å². The third kappa shape index (κ3) is 2.04. The van der Waals surface area contributed by atoms with Crippen LogP contribution in [0, 0.1) is 0 Å². The second kappa shape index (κ2) is 4.83. The molecular weight excluding hydrogens is 256 g/mol. The first-order chi connectivity index (χ1) is 9.60. The third-order valence-electron chi connectivity index (χ3n) is 3.68. The fourth-order valence-electron chi connectivity index (χ4n) is 2.66. The average molecular weight is 274 g/mol. The van der Waals surface area contributed by atoms with E-state index in [1.165, 1.54) is 0 Å². The predicted molar refractivity (Wildman–Crippen MR) is 74.1 cm³/mol. The molecule has 0 saturated heterocycles. The molecule has 0 fully saturated rings. The molecule has 1 aliphatic heterocycles. The number of aliphatic hydroxyl groups is 1. The number of hydrogen-bond donors (Lipinski definition) is 1. The summed E-state index contributed by atoms with van der Waals surface area (Å²) in [5.41, 5.74) is 2.54. The maximum absolute atomic E-state index is 10.6. The Labute approximate surface area is 117 Å². The van der Waals surface area contributed by atoms with Crippen LogP contribution in [0.15, 0.2) is 24.4 Å². The maximum Gasteiger partial charge on any atom is 0.125 e. The number of nitrogens with zero attached hydrogens (tertiary/aromatic N) is 2. The van der Waals surface area contributed by atoms with E-state index in [0.717, 1.165) is 17.7 Å². The highest BCUT2D eigenvalue weighted by molar-refractivity contribution is 5.50. The van der Waals surface area contributed by atoms with Crippen molar-refractivity contribution in [1.82, 2.24) is 9.78 Å². The lowest BCUT2D eigenvalue weighted by Gasteiger charge is -2.16. The van der Waals surface area contributed by atoms with Gasteiger partial charge in [0.25, 0.3) is 0 Å². The number of rotatable bonds is 3. The molecular formula is C15H18N2O3. The van der Waals surface area contributed by atoms with Crippen LogP contribution >= 0.6 is 0 Å². The Hall–Kier alpha value is -2.01. The van der Waals surface area contributed by atoms with Gasteiger partial charge in [0.2, 0.25) is 0 Å². The molecule has 1 aromatic carbocycles. The molecule has 1 N–H and O–H groups in total. The predicted octanol–water partition coefficient (Wildman–Crippen LogP) is 1.83. The van der Waals surface area contributed by atoms with Gasteiger partial charge in [-0.25, -0.2) is 0 Å². The number of fused-ring (bicyclic) bond motifs is 1. The van der Waals surface area contributed by atoms with Crippen molar-refractivity contribution in [1.29, 1.82) is 0 Å². The molecule has 1 aliphatic rings. The van der Waals surface area contributed by atoms with Crippen LogP contribution in [-0.4, -0.2) is 28.1 Å². The first-order valence-corrected chi connectivity index (χ1v) is 6.63. The Morgan fingerprint density at radius 1 is 1.50 bits per heavy atom. The molecule has 0 aliphatic carbocycles. The van der Waals surface area contributed by atoms with E-state index in [4.69, 9.17) is 9.47 Å². The highest BCUT2D eigenvalue weighted by Gasteiger charge is 2.25. The molecule has 5 nitrogen and oxygen atoms in total. The van der Waals surface area contributed by atoms with Crippen LogP contribution in [0.25, 0.3) is 0 Å². The Morgan fingerprint density at radius 2 is 2.30 bits per heavy atom. The molecule has 106 valence electrons. The number of ether oxygens (including phenoxy) is 2. The van der Waals surface area contributed by atoms with Crippen molar-refractivity contribution in [3.8, 4) is 11.5 Å². The largest absolute Gasteiger partial charge is 0.496 e. The quantitative estimate of drug-likeness (QED) is 0.927. The standard InChI is InChI=1S/C15H18N2O3/c1-9-6-10-7-14(19-3)11(8-13(10)20-9)15(18)12-4-5-16-17(12)2/h4-5,7-9,15,18H,6H2,1-3H3. The molecule has 2 heterocycles. The molecule has 0 bridgehead atoms. The minimum Gasteiger partial charge on any atom is -0.496 e. The van der Waals surface area contributed by atoms with E-state index < -0.39 is 6.10 Å². The van der Waals surface area contributed by atoms with Gasteiger partial charge in [-0.1, -0.05) is 0 Å². The molecule has 5 heteroatoms. The second-order valence-corrected chi connectivity index (χ2v) is 5.12. The van der Waals surface area contributed by atoms with Crippen LogP contribution < -0.4 is 9.47 Å². The zero-order chi connectivity index (χ0) is 14.3. The Kier molecular flexibility index (Phi) is 3.14. The number of benzene rings is 1. The van der Waals surface area contributed by atoms with Gasteiger partial charge in [0, 0.05) is 30.8 Å². The molecule has 3 rings (SSSR count). The van der Waals surface area contributed by atoms with Gasteiger partial charge in [-0.3, -0.25) is 4.68 Å². The van der Waals surface area contributed by atoms with Gasteiger partial charge in [-0.15, -0.1) is 0 Å². The van der Waals surface area contributed by atoms with Crippen molar-refractivity contribution >= 4 is 0 Å². The smallest absolute Gasteiger partial charge is 0.125 e. The van der Waals surface area contributed by atoms with Crippen LogP contribution in [0.4, 0.5) is 0 Å². The first kappa shape index (κ1) is 13.0. The van der Waals surface area contributed by atoms with Gasteiger partial charge in [-0.2, -0.15) is 5.10 Å². The zero-order valence-electron chi connectivity index (χ0n) is 11.8. The van der Waals surface area contributed by atoms with Crippen LogP contribution in [0.1, 0.15) is 29.8 Å². The number of aryl methyl sites for hydroxylation is 1. The van der Waals surface area contributed by atoms with Crippen LogP contribution in [-0.2, 0) is 13.5 Å². The summed E-state index contributed by atoms with van der Waals surface area (Å²) in [5, 5.41) is 14.7. The van der Waals surface area contributed by atoms with Gasteiger partial charge >= 0.3 is 0 Å². The lowest BCUT2D eigenvalue weighted by molar-refractivity contribution is 0.203. The summed E-state index contributed by atoms with van der Waals surface area (Å²) in [5.74, 6) is 1.50. The maximum atomic E-state index is 10.6. The summed E-state index contributed by atoms with van der Waals surface area (Å²) >= 11 is 0. The molecule has 2 aromatic rings. The van der Waals surface area contributed by atoms with Gasteiger partial charge in [-0.05, 0) is 25.1 Å². The van der Waals surface area contributed by atoms with E-state index in [9.17, 15) is 5.11 Å². The minimum absolute atomic E-state index is 0.166. The summed E-state index contributed by atoms with van der Waals surface area (Å²) < 4.78 is 12.8. The van der Waals surface area contributed by atoms with E-state index >= 15 is 0 Å². The van der Waals surface area contributed by atoms with Crippen LogP contribution in [0.3, 0.4) is 0 Å². The van der Waals surface area contributed by atoms with Crippen LogP contribution in [0.5, 0.6) is 11.5 Å². The molecule has 1 aromatic heterocycles. The molecule has 20 heavy (non-hydrogen) atoms. The van der Waals surface area contributed by atoms with Crippen LogP contribution in [0.2, 0.25) is 0 Å². The molecule has 2 atom stereocenters. The Balaban J connectivity index is 2.05. The number of aliphatic hydroxyl groups excluding tert-OH is 1. The Bertz CT molecular complexity index is 636. The van der Waals surface area contributed by atoms with E-state index in [-0.39, 0.29) is 6.10 Å².